The summed E-state index contributed by atoms with van der Waals surface area (Å²) in [6.45, 7) is 7.47. The number of hydrogen-bond donors (Lipinski definition) is 1. The van der Waals surface area contributed by atoms with Crippen molar-refractivity contribution in [1.82, 2.24) is 0 Å². The fourth-order valence-corrected chi connectivity index (χ4v) is 1.46. The van der Waals surface area contributed by atoms with Crippen LogP contribution in [0.15, 0.2) is 18.2 Å². The lowest BCUT2D eigenvalue weighted by Crippen LogP contribution is -2.13. The number of rotatable bonds is 2. The van der Waals surface area contributed by atoms with Crippen molar-refractivity contribution in [2.45, 2.75) is 26.2 Å². The van der Waals surface area contributed by atoms with E-state index < -0.39 is 0 Å². The van der Waals surface area contributed by atoms with Gasteiger partial charge in [0.15, 0.2) is 0 Å². The molecule has 0 amide bonds. The third-order valence-electron chi connectivity index (χ3n) is 2.21. The summed E-state index contributed by atoms with van der Waals surface area (Å²) in [6.07, 6.45) is 0. The van der Waals surface area contributed by atoms with Crippen LogP contribution in [0.4, 0.5) is 0 Å². The molecule has 1 N–H and O–H groups in total. The first-order valence-electron chi connectivity index (χ1n) is 4.65. The van der Waals surface area contributed by atoms with Gasteiger partial charge in [-0.3, -0.25) is 0 Å². The number of benzene rings is 1. The SMILES string of the molecule is COc1ccc(C(C)(C)C)c([CH]O)c1. The highest BCUT2D eigenvalue weighted by molar-refractivity contribution is 5.41. The summed E-state index contributed by atoms with van der Waals surface area (Å²) in [5, 5.41) is 9.12. The molecular formula is C12H17O2. The second-order valence-corrected chi connectivity index (χ2v) is 4.33. The van der Waals surface area contributed by atoms with E-state index >= 15 is 0 Å². The lowest BCUT2D eigenvalue weighted by atomic mass is 9.84. The van der Waals surface area contributed by atoms with E-state index in [0.717, 1.165) is 23.5 Å². The number of aliphatic hydroxyl groups excluding tert-OH is 1. The van der Waals surface area contributed by atoms with Crippen LogP contribution >= 0.6 is 0 Å². The number of methoxy groups -OCH3 is 1. The summed E-state index contributed by atoms with van der Waals surface area (Å²) < 4.78 is 5.09. The van der Waals surface area contributed by atoms with Crippen LogP contribution < -0.4 is 4.74 Å². The highest BCUT2D eigenvalue weighted by Gasteiger charge is 2.17. The summed E-state index contributed by atoms with van der Waals surface area (Å²) in [5.74, 6) is 0.762. The molecular weight excluding hydrogens is 176 g/mol. The van der Waals surface area contributed by atoms with Gasteiger partial charge in [-0.25, -0.2) is 0 Å². The van der Waals surface area contributed by atoms with Gasteiger partial charge in [-0.1, -0.05) is 26.8 Å². The molecule has 0 saturated carbocycles. The Morgan fingerprint density at radius 1 is 1.29 bits per heavy atom. The normalized spacial score (nSPS) is 11.5. The molecule has 0 unspecified atom stereocenters. The summed E-state index contributed by atoms with van der Waals surface area (Å²) in [6, 6.07) is 5.73. The third kappa shape index (κ3) is 2.26. The van der Waals surface area contributed by atoms with Crippen LogP contribution in [0.3, 0.4) is 0 Å². The van der Waals surface area contributed by atoms with E-state index in [9.17, 15) is 0 Å². The van der Waals surface area contributed by atoms with E-state index in [2.05, 4.69) is 20.8 Å². The Kier molecular flexibility index (Phi) is 3.17. The Morgan fingerprint density at radius 2 is 1.93 bits per heavy atom. The van der Waals surface area contributed by atoms with E-state index in [1.54, 1.807) is 7.11 Å². The summed E-state index contributed by atoms with van der Waals surface area (Å²) in [7, 11) is 1.62. The van der Waals surface area contributed by atoms with Gasteiger partial charge in [-0.05, 0) is 28.7 Å². The van der Waals surface area contributed by atoms with E-state index in [1.807, 2.05) is 18.2 Å². The first kappa shape index (κ1) is 11.1. The van der Waals surface area contributed by atoms with Crippen LogP contribution in [0.5, 0.6) is 5.75 Å². The van der Waals surface area contributed by atoms with Crippen molar-refractivity contribution in [2.24, 2.45) is 0 Å². The van der Waals surface area contributed by atoms with Crippen molar-refractivity contribution < 1.29 is 9.84 Å². The number of hydrogen-bond acceptors (Lipinski definition) is 2. The van der Waals surface area contributed by atoms with Crippen LogP contribution in [-0.4, -0.2) is 12.2 Å². The molecule has 0 aliphatic carbocycles. The van der Waals surface area contributed by atoms with Gasteiger partial charge in [0.05, 0.1) is 7.11 Å². The van der Waals surface area contributed by atoms with Gasteiger partial charge in [0.1, 0.15) is 12.4 Å². The first-order valence-corrected chi connectivity index (χ1v) is 4.65. The molecule has 77 valence electrons. The van der Waals surface area contributed by atoms with Crippen LogP contribution in [0, 0.1) is 6.61 Å². The quantitative estimate of drug-likeness (QED) is 0.782. The Bertz CT molecular complexity index is 311. The van der Waals surface area contributed by atoms with Gasteiger partial charge in [0.2, 0.25) is 0 Å². The van der Waals surface area contributed by atoms with E-state index in [-0.39, 0.29) is 5.41 Å². The molecule has 0 aromatic heterocycles. The second kappa shape index (κ2) is 4.01. The fourth-order valence-electron chi connectivity index (χ4n) is 1.46. The van der Waals surface area contributed by atoms with Crippen molar-refractivity contribution in [2.75, 3.05) is 7.11 Å². The standard InChI is InChI=1S/C12H17O2/c1-12(2,3)11-6-5-10(14-4)7-9(11)8-13/h5-8,13H,1-4H3. The van der Waals surface area contributed by atoms with Gasteiger partial charge in [-0.2, -0.15) is 0 Å². The van der Waals surface area contributed by atoms with Crippen molar-refractivity contribution in [3.8, 4) is 5.75 Å². The lowest BCUT2D eigenvalue weighted by Gasteiger charge is -2.22. The Morgan fingerprint density at radius 3 is 2.36 bits per heavy atom. The van der Waals surface area contributed by atoms with E-state index in [0.29, 0.717) is 0 Å². The van der Waals surface area contributed by atoms with Crippen LogP contribution in [0.2, 0.25) is 0 Å². The third-order valence-corrected chi connectivity index (χ3v) is 2.21. The minimum absolute atomic E-state index is 0.0286. The molecule has 0 atom stereocenters. The molecule has 2 heteroatoms. The molecule has 0 fully saturated rings. The monoisotopic (exact) mass is 193 g/mol. The highest BCUT2D eigenvalue weighted by Crippen LogP contribution is 2.29. The van der Waals surface area contributed by atoms with Crippen LogP contribution in [0.1, 0.15) is 31.9 Å². The molecule has 1 rings (SSSR count). The molecule has 0 bridgehead atoms. The first-order chi connectivity index (χ1) is 6.49. The van der Waals surface area contributed by atoms with Crippen LogP contribution in [0.25, 0.3) is 0 Å². The van der Waals surface area contributed by atoms with Crippen molar-refractivity contribution in [3.05, 3.63) is 35.9 Å². The minimum Gasteiger partial charge on any atom is -0.497 e. The Labute approximate surface area is 85.5 Å². The minimum atomic E-state index is 0.0286. The molecule has 1 aromatic rings. The molecule has 2 nitrogen and oxygen atoms in total. The van der Waals surface area contributed by atoms with E-state index in [1.165, 1.54) is 0 Å². The fraction of sp³-hybridized carbons (Fsp3) is 0.417. The predicted molar refractivity (Wildman–Crippen MR) is 57.0 cm³/mol. The largest absolute Gasteiger partial charge is 0.497 e. The Hall–Kier alpha value is -1.02. The van der Waals surface area contributed by atoms with Gasteiger partial charge in [0, 0.05) is 0 Å². The highest BCUT2D eigenvalue weighted by atomic mass is 16.5. The van der Waals surface area contributed by atoms with Crippen molar-refractivity contribution in [1.29, 1.82) is 0 Å². The summed E-state index contributed by atoms with van der Waals surface area (Å²) in [5.41, 5.74) is 1.96. The predicted octanol–water partition coefficient (Wildman–Crippen LogP) is 2.88. The zero-order chi connectivity index (χ0) is 10.8. The van der Waals surface area contributed by atoms with Gasteiger partial charge in [-0.15, -0.1) is 0 Å². The zero-order valence-electron chi connectivity index (χ0n) is 9.16. The maximum absolute atomic E-state index is 9.12. The number of aliphatic hydroxyl groups is 1. The smallest absolute Gasteiger partial charge is 0.119 e. The topological polar surface area (TPSA) is 29.5 Å². The zero-order valence-corrected chi connectivity index (χ0v) is 9.16. The molecule has 0 aliphatic rings. The maximum atomic E-state index is 9.12. The molecule has 0 heterocycles. The van der Waals surface area contributed by atoms with Gasteiger partial charge >= 0.3 is 0 Å². The molecule has 0 saturated heterocycles. The molecule has 14 heavy (non-hydrogen) atoms. The molecule has 1 aromatic carbocycles. The summed E-state index contributed by atoms with van der Waals surface area (Å²) >= 11 is 0. The molecule has 0 spiro atoms. The summed E-state index contributed by atoms with van der Waals surface area (Å²) in [4.78, 5) is 0. The molecule has 1 radical (unpaired) electrons. The average molecular weight is 193 g/mol. The van der Waals surface area contributed by atoms with Gasteiger partial charge in [0.25, 0.3) is 0 Å². The van der Waals surface area contributed by atoms with Crippen molar-refractivity contribution >= 4 is 0 Å². The maximum Gasteiger partial charge on any atom is 0.119 e. The number of ether oxygens (including phenoxy) is 1. The Balaban J connectivity index is 3.18. The van der Waals surface area contributed by atoms with Crippen LogP contribution in [-0.2, 0) is 5.41 Å². The lowest BCUT2D eigenvalue weighted by molar-refractivity contribution is 0.400. The average Bonchev–Trinajstić information content (AvgIpc) is 2.15. The molecule has 0 aliphatic heterocycles. The van der Waals surface area contributed by atoms with Crippen molar-refractivity contribution in [3.63, 3.8) is 0 Å². The van der Waals surface area contributed by atoms with Gasteiger partial charge < -0.3 is 9.84 Å². The second-order valence-electron chi connectivity index (χ2n) is 4.33. The van der Waals surface area contributed by atoms with E-state index in [4.69, 9.17) is 9.84 Å².